The number of hydrogen-bond acceptors (Lipinski definition) is 2. The van der Waals surface area contributed by atoms with Crippen LogP contribution in [-0.2, 0) is 6.42 Å². The topological polar surface area (TPSA) is 21.3 Å². The molecule has 2 nitrogen and oxygen atoms in total. The van der Waals surface area contributed by atoms with Gasteiger partial charge in [0.05, 0.1) is 11.6 Å². The molecule has 1 atom stereocenters. The molecule has 1 heterocycles. The van der Waals surface area contributed by atoms with E-state index in [2.05, 4.69) is 21.2 Å². The Morgan fingerprint density at radius 2 is 2.17 bits per heavy atom. The molecule has 0 radical (unpaired) electrons. The molecular weight excluding hydrogens is 297 g/mol. The monoisotopic (exact) mass is 315 g/mol. The van der Waals surface area contributed by atoms with Gasteiger partial charge in [-0.3, -0.25) is 0 Å². The lowest BCUT2D eigenvalue weighted by atomic mass is 9.89. The maximum absolute atomic E-state index is 14.2. The van der Waals surface area contributed by atoms with Gasteiger partial charge in [-0.2, -0.15) is 0 Å². The summed E-state index contributed by atoms with van der Waals surface area (Å²) in [5.41, 5.74) is 1.02. The second-order valence-electron chi connectivity index (χ2n) is 4.78. The van der Waals surface area contributed by atoms with E-state index >= 15 is 0 Å². The third-order valence-electron chi connectivity index (χ3n) is 3.54. The molecule has 0 bridgehead atoms. The van der Waals surface area contributed by atoms with Crippen molar-refractivity contribution in [1.82, 2.24) is 5.32 Å². The lowest BCUT2D eigenvalue weighted by Gasteiger charge is -2.25. The molecule has 0 spiro atoms. The van der Waals surface area contributed by atoms with Crippen molar-refractivity contribution in [1.29, 1.82) is 0 Å². The second-order valence-corrected chi connectivity index (χ2v) is 5.63. The van der Waals surface area contributed by atoms with Gasteiger partial charge >= 0.3 is 0 Å². The summed E-state index contributed by atoms with van der Waals surface area (Å²) in [5.74, 6) is 0.989. The van der Waals surface area contributed by atoms with Crippen LogP contribution < -0.4 is 10.1 Å². The summed E-state index contributed by atoms with van der Waals surface area (Å²) in [6.07, 6.45) is 1.64. The SMILES string of the molecule is COc1ccc(CC(F)C2CCNCC2)cc1Br. The zero-order valence-electron chi connectivity index (χ0n) is 10.6. The summed E-state index contributed by atoms with van der Waals surface area (Å²) in [7, 11) is 1.63. The predicted molar refractivity (Wildman–Crippen MR) is 74.9 cm³/mol. The summed E-state index contributed by atoms with van der Waals surface area (Å²) in [6.45, 7) is 1.88. The van der Waals surface area contributed by atoms with Crippen LogP contribution in [0.5, 0.6) is 5.75 Å². The van der Waals surface area contributed by atoms with Crippen molar-refractivity contribution in [3.8, 4) is 5.75 Å². The molecule has 18 heavy (non-hydrogen) atoms. The summed E-state index contributed by atoms with van der Waals surface area (Å²) < 4.78 is 20.3. The van der Waals surface area contributed by atoms with E-state index in [9.17, 15) is 4.39 Å². The first kappa shape index (κ1) is 13.8. The van der Waals surface area contributed by atoms with Gasteiger partial charge in [-0.25, -0.2) is 4.39 Å². The average Bonchev–Trinajstić information content (AvgIpc) is 2.40. The molecule has 100 valence electrons. The highest BCUT2D eigenvalue weighted by Crippen LogP contribution is 2.28. The van der Waals surface area contributed by atoms with E-state index in [-0.39, 0.29) is 5.92 Å². The third-order valence-corrected chi connectivity index (χ3v) is 4.16. The van der Waals surface area contributed by atoms with E-state index in [0.29, 0.717) is 6.42 Å². The van der Waals surface area contributed by atoms with Crippen molar-refractivity contribution >= 4 is 15.9 Å². The number of alkyl halides is 1. The van der Waals surface area contributed by atoms with Crippen molar-refractivity contribution in [3.05, 3.63) is 28.2 Å². The van der Waals surface area contributed by atoms with E-state index in [1.54, 1.807) is 7.11 Å². The number of benzene rings is 1. The molecule has 1 aromatic rings. The quantitative estimate of drug-likeness (QED) is 0.920. The minimum Gasteiger partial charge on any atom is -0.496 e. The lowest BCUT2D eigenvalue weighted by molar-refractivity contribution is 0.187. The number of rotatable bonds is 4. The van der Waals surface area contributed by atoms with Crippen molar-refractivity contribution in [3.63, 3.8) is 0 Å². The highest BCUT2D eigenvalue weighted by molar-refractivity contribution is 9.10. The maximum atomic E-state index is 14.2. The van der Waals surface area contributed by atoms with Gasteiger partial charge in [0, 0.05) is 6.42 Å². The Morgan fingerprint density at radius 3 is 2.78 bits per heavy atom. The van der Waals surface area contributed by atoms with Gasteiger partial charge in [-0.1, -0.05) is 6.07 Å². The summed E-state index contributed by atoms with van der Waals surface area (Å²) >= 11 is 3.44. The molecule has 1 aliphatic heterocycles. The van der Waals surface area contributed by atoms with Crippen LogP contribution >= 0.6 is 15.9 Å². The van der Waals surface area contributed by atoms with Gasteiger partial charge < -0.3 is 10.1 Å². The fourth-order valence-corrected chi connectivity index (χ4v) is 3.02. The Morgan fingerprint density at radius 1 is 1.44 bits per heavy atom. The lowest BCUT2D eigenvalue weighted by Crippen LogP contribution is -2.33. The fraction of sp³-hybridized carbons (Fsp3) is 0.571. The van der Waals surface area contributed by atoms with Crippen LogP contribution in [0.4, 0.5) is 4.39 Å². The first-order valence-corrected chi connectivity index (χ1v) is 7.17. The second kappa shape index (κ2) is 6.53. The molecule has 1 aliphatic rings. The Labute approximate surface area is 116 Å². The molecule has 2 rings (SSSR count). The number of halogens is 2. The van der Waals surface area contributed by atoms with Crippen LogP contribution in [-0.4, -0.2) is 26.4 Å². The Hall–Kier alpha value is -0.610. The van der Waals surface area contributed by atoms with E-state index < -0.39 is 6.17 Å². The first-order valence-electron chi connectivity index (χ1n) is 6.38. The molecule has 1 N–H and O–H groups in total. The molecule has 0 aliphatic carbocycles. The smallest absolute Gasteiger partial charge is 0.133 e. The summed E-state index contributed by atoms with van der Waals surface area (Å²) in [5, 5.41) is 3.27. The van der Waals surface area contributed by atoms with E-state index in [1.165, 1.54) is 0 Å². The number of ether oxygens (including phenoxy) is 1. The maximum Gasteiger partial charge on any atom is 0.133 e. The molecular formula is C14H19BrFNO. The largest absolute Gasteiger partial charge is 0.496 e. The molecule has 0 saturated carbocycles. The highest BCUT2D eigenvalue weighted by Gasteiger charge is 2.23. The Balaban J connectivity index is 1.97. The summed E-state index contributed by atoms with van der Waals surface area (Å²) in [4.78, 5) is 0. The van der Waals surface area contributed by atoms with Crippen molar-refractivity contribution < 1.29 is 9.13 Å². The number of methoxy groups -OCH3 is 1. The van der Waals surface area contributed by atoms with Gasteiger partial charge in [-0.05, 0) is 65.5 Å². The van der Waals surface area contributed by atoms with Crippen molar-refractivity contribution in [2.75, 3.05) is 20.2 Å². The van der Waals surface area contributed by atoms with E-state index in [1.807, 2.05) is 18.2 Å². The third kappa shape index (κ3) is 3.45. The number of nitrogens with one attached hydrogen (secondary N) is 1. The predicted octanol–water partition coefficient (Wildman–Crippen LogP) is 3.34. The van der Waals surface area contributed by atoms with Crippen LogP contribution in [0.25, 0.3) is 0 Å². The zero-order chi connectivity index (χ0) is 13.0. The van der Waals surface area contributed by atoms with Gasteiger partial charge in [0.25, 0.3) is 0 Å². The Bertz CT molecular complexity index is 393. The van der Waals surface area contributed by atoms with Gasteiger partial charge in [0.1, 0.15) is 11.9 Å². The molecule has 1 aromatic carbocycles. The van der Waals surface area contributed by atoms with Crippen molar-refractivity contribution in [2.45, 2.75) is 25.4 Å². The molecule has 1 unspecified atom stereocenters. The first-order chi connectivity index (χ1) is 8.70. The minimum absolute atomic E-state index is 0.201. The van der Waals surface area contributed by atoms with Crippen LogP contribution in [0.1, 0.15) is 18.4 Å². The number of hydrogen-bond donors (Lipinski definition) is 1. The van der Waals surface area contributed by atoms with Crippen LogP contribution in [0, 0.1) is 5.92 Å². The molecule has 4 heteroatoms. The van der Waals surface area contributed by atoms with Crippen LogP contribution in [0.15, 0.2) is 22.7 Å². The van der Waals surface area contributed by atoms with E-state index in [0.717, 1.165) is 41.7 Å². The van der Waals surface area contributed by atoms with Gasteiger partial charge in [0.2, 0.25) is 0 Å². The normalized spacial score (nSPS) is 18.6. The molecule has 0 aromatic heterocycles. The van der Waals surface area contributed by atoms with Crippen molar-refractivity contribution in [2.24, 2.45) is 5.92 Å². The Kier molecular flexibility index (Phi) is 5.01. The number of piperidine rings is 1. The molecule has 1 fully saturated rings. The summed E-state index contributed by atoms with van der Waals surface area (Å²) in [6, 6.07) is 5.78. The zero-order valence-corrected chi connectivity index (χ0v) is 12.2. The van der Waals surface area contributed by atoms with Gasteiger partial charge in [-0.15, -0.1) is 0 Å². The minimum atomic E-state index is -0.743. The average molecular weight is 316 g/mol. The van der Waals surface area contributed by atoms with E-state index in [4.69, 9.17) is 4.74 Å². The highest BCUT2D eigenvalue weighted by atomic mass is 79.9. The van der Waals surface area contributed by atoms with Crippen LogP contribution in [0.2, 0.25) is 0 Å². The standard InChI is InChI=1S/C14H19BrFNO/c1-18-14-3-2-10(8-12(14)15)9-13(16)11-4-6-17-7-5-11/h2-3,8,11,13,17H,4-7,9H2,1H3. The molecule has 1 saturated heterocycles. The molecule has 0 amide bonds. The fourth-order valence-electron chi connectivity index (χ4n) is 2.43. The van der Waals surface area contributed by atoms with Crippen LogP contribution in [0.3, 0.4) is 0 Å². The van der Waals surface area contributed by atoms with Gasteiger partial charge in [0.15, 0.2) is 0 Å².